The lowest BCUT2D eigenvalue weighted by molar-refractivity contribution is 1.36. The Morgan fingerprint density at radius 2 is 1.57 bits per heavy atom. The van der Waals surface area contributed by atoms with Gasteiger partial charge in [-0.25, -0.2) is 0 Å². The average Bonchev–Trinajstić information content (AvgIpc) is 2.98. The van der Waals surface area contributed by atoms with Crippen molar-refractivity contribution in [1.82, 2.24) is 0 Å². The third-order valence-corrected chi connectivity index (χ3v) is 6.31. The van der Waals surface area contributed by atoms with E-state index in [1.54, 1.807) is 0 Å². The smallest absolute Gasteiger partial charge is 0.0758 e. The summed E-state index contributed by atoms with van der Waals surface area (Å²) in [6, 6.07) is 25.3. The normalized spacial score (nSPS) is 17.2. The number of rotatable bonds is 3. The van der Waals surface area contributed by atoms with Crippen LogP contribution in [0.15, 0.2) is 82.7 Å². The number of fused-ring (bicyclic) bond motifs is 1. The van der Waals surface area contributed by atoms with Crippen LogP contribution in [0.3, 0.4) is 0 Å². The number of hydrogen-bond donors (Lipinski definition) is 1. The zero-order valence-electron chi connectivity index (χ0n) is 12.5. The van der Waals surface area contributed by atoms with E-state index >= 15 is 0 Å². The lowest BCUT2D eigenvalue weighted by Crippen LogP contribution is -1.88. The molecule has 1 heterocycles. The maximum atomic E-state index is 6.14. The summed E-state index contributed by atoms with van der Waals surface area (Å²) in [6.45, 7) is 0. The van der Waals surface area contributed by atoms with Gasteiger partial charge in [-0.2, -0.15) is 10.9 Å². The van der Waals surface area contributed by atoms with Gasteiger partial charge in [0.25, 0.3) is 0 Å². The van der Waals surface area contributed by atoms with E-state index in [-0.39, 0.29) is 0 Å². The summed E-state index contributed by atoms with van der Waals surface area (Å²) in [5.74, 6) is 1.02. The molecule has 1 nitrogen and oxygen atoms in total. The van der Waals surface area contributed by atoms with Crippen molar-refractivity contribution in [3.8, 4) is 11.1 Å². The first kappa shape index (κ1) is 14.6. The molecule has 1 unspecified atom stereocenters. The second-order valence-corrected chi connectivity index (χ2v) is 7.97. The molecule has 0 fully saturated rings. The molecule has 0 amide bonds. The molecular weight excluding hydrogens is 322 g/mol. The van der Waals surface area contributed by atoms with Gasteiger partial charge in [0.15, 0.2) is 0 Å². The monoisotopic (exact) mass is 337 g/mol. The lowest BCUT2D eigenvalue weighted by atomic mass is 10.0. The summed E-state index contributed by atoms with van der Waals surface area (Å²) in [6.07, 6.45) is 0. The molecular formula is C20H16ClNS. The topological polar surface area (TPSA) is 12.4 Å². The van der Waals surface area contributed by atoms with Crippen LogP contribution in [0, 0.1) is 0 Å². The van der Waals surface area contributed by atoms with Crippen molar-refractivity contribution in [2.45, 2.75) is 10.6 Å². The molecule has 23 heavy (non-hydrogen) atoms. The highest BCUT2D eigenvalue weighted by Crippen LogP contribution is 2.48. The van der Waals surface area contributed by atoms with Crippen LogP contribution in [0.1, 0.15) is 5.56 Å². The molecule has 3 aromatic carbocycles. The first-order valence-corrected chi connectivity index (χ1v) is 9.52. The number of aliphatic imine (C=N–C) groups is 1. The third kappa shape index (κ3) is 3.05. The Labute approximate surface area is 144 Å². The zero-order valence-corrected chi connectivity index (χ0v) is 14.1. The average molecular weight is 338 g/mol. The van der Waals surface area contributed by atoms with Crippen molar-refractivity contribution in [1.29, 1.82) is 0 Å². The largest absolute Gasteiger partial charge is 0.250 e. The Hall–Kier alpha value is -2.03. The molecule has 1 atom stereocenters. The number of hydrogen-bond acceptors (Lipinski definition) is 1. The molecule has 0 saturated carbocycles. The fourth-order valence-corrected chi connectivity index (χ4v) is 5.01. The number of halogens is 1. The van der Waals surface area contributed by atoms with Gasteiger partial charge in [-0.05, 0) is 34.9 Å². The first-order valence-electron chi connectivity index (χ1n) is 7.54. The minimum Gasteiger partial charge on any atom is -0.250 e. The highest BCUT2D eigenvalue weighted by atomic mass is 35.5. The Morgan fingerprint density at radius 1 is 0.826 bits per heavy atom. The van der Waals surface area contributed by atoms with Crippen LogP contribution >= 0.6 is 22.5 Å². The summed E-state index contributed by atoms with van der Waals surface area (Å²) in [5, 5.41) is 0.793. The Balaban J connectivity index is 1.55. The lowest BCUT2D eigenvalue weighted by Gasteiger charge is -2.14. The fraction of sp³-hybridized carbons (Fsp3) is 0.0500. The van der Waals surface area contributed by atoms with Crippen LogP contribution in [-0.4, -0.2) is 5.55 Å². The molecule has 114 valence electrons. The van der Waals surface area contributed by atoms with E-state index in [2.05, 4.69) is 65.1 Å². The Kier molecular flexibility index (Phi) is 3.94. The summed E-state index contributed by atoms with van der Waals surface area (Å²) in [4.78, 5) is 5.82. The van der Waals surface area contributed by atoms with Gasteiger partial charge in [0.2, 0.25) is 0 Å². The fourth-order valence-electron chi connectivity index (χ4n) is 2.79. The quantitative estimate of drug-likeness (QED) is 0.543. The highest BCUT2D eigenvalue weighted by Gasteiger charge is 2.16. The van der Waals surface area contributed by atoms with E-state index in [9.17, 15) is 0 Å². The molecule has 0 aromatic heterocycles. The van der Waals surface area contributed by atoms with Crippen molar-refractivity contribution >= 4 is 33.7 Å². The second kappa shape index (κ2) is 6.23. The molecule has 1 aliphatic heterocycles. The maximum Gasteiger partial charge on any atom is 0.0758 e. The summed E-state index contributed by atoms with van der Waals surface area (Å²) in [7, 11) is -0.393. The molecule has 0 saturated heterocycles. The van der Waals surface area contributed by atoms with Crippen LogP contribution in [-0.2, 0) is 5.75 Å². The van der Waals surface area contributed by atoms with Gasteiger partial charge in [0.05, 0.1) is 5.69 Å². The number of nitrogens with zero attached hydrogens (tertiary/aromatic N) is 1. The second-order valence-electron chi connectivity index (χ2n) is 5.57. The van der Waals surface area contributed by atoms with Crippen LogP contribution in [0.5, 0.6) is 0 Å². The van der Waals surface area contributed by atoms with E-state index in [0.717, 1.165) is 16.5 Å². The minimum absolute atomic E-state index is 0.393. The van der Waals surface area contributed by atoms with Crippen LogP contribution in [0.2, 0.25) is 5.02 Å². The van der Waals surface area contributed by atoms with Crippen molar-refractivity contribution in [2.75, 3.05) is 0 Å². The first-order chi connectivity index (χ1) is 11.3. The standard InChI is InChI=1S/C20H16ClNS/c21-18-10-11-19-20(12-18)23(14-22-19)13-15-6-8-17(9-7-15)16-4-2-1-3-5-16/h1-12,14,23H,13H2. The molecule has 3 heteroatoms. The summed E-state index contributed by atoms with van der Waals surface area (Å²) < 4.78 is 0. The maximum absolute atomic E-state index is 6.14. The van der Waals surface area contributed by atoms with Crippen molar-refractivity contribution in [2.24, 2.45) is 4.99 Å². The van der Waals surface area contributed by atoms with Crippen LogP contribution < -0.4 is 0 Å². The van der Waals surface area contributed by atoms with Crippen LogP contribution in [0.25, 0.3) is 11.1 Å². The number of benzene rings is 3. The van der Waals surface area contributed by atoms with Gasteiger partial charge in [-0.15, -0.1) is 0 Å². The van der Waals surface area contributed by atoms with E-state index in [4.69, 9.17) is 11.6 Å². The van der Waals surface area contributed by atoms with E-state index in [0.29, 0.717) is 0 Å². The predicted molar refractivity (Wildman–Crippen MR) is 102 cm³/mol. The van der Waals surface area contributed by atoms with Crippen molar-refractivity contribution in [3.63, 3.8) is 0 Å². The summed E-state index contributed by atoms with van der Waals surface area (Å²) in [5.41, 5.74) is 7.02. The molecule has 0 aliphatic carbocycles. The zero-order chi connectivity index (χ0) is 15.6. The molecule has 0 spiro atoms. The molecule has 0 bridgehead atoms. The predicted octanol–water partition coefficient (Wildman–Crippen LogP) is 6.24. The van der Waals surface area contributed by atoms with E-state index in [1.165, 1.54) is 21.6 Å². The SMILES string of the molecule is Clc1ccc2c(c1)[SH](Cc1ccc(-c3ccccc3)cc1)C=N2. The Morgan fingerprint density at radius 3 is 2.35 bits per heavy atom. The third-order valence-electron chi connectivity index (χ3n) is 4.00. The summed E-state index contributed by atoms with van der Waals surface area (Å²) >= 11 is 6.14. The van der Waals surface area contributed by atoms with Gasteiger partial charge in [-0.3, -0.25) is 4.99 Å². The molecule has 0 N–H and O–H groups in total. The van der Waals surface area contributed by atoms with Gasteiger partial charge < -0.3 is 0 Å². The van der Waals surface area contributed by atoms with Gasteiger partial charge >= 0.3 is 0 Å². The van der Waals surface area contributed by atoms with Gasteiger partial charge in [-0.1, -0.05) is 66.2 Å². The van der Waals surface area contributed by atoms with Crippen LogP contribution in [0.4, 0.5) is 5.69 Å². The molecule has 0 radical (unpaired) electrons. The van der Waals surface area contributed by atoms with Gasteiger partial charge in [0, 0.05) is 21.2 Å². The van der Waals surface area contributed by atoms with Gasteiger partial charge in [0.1, 0.15) is 0 Å². The molecule has 1 aliphatic rings. The van der Waals surface area contributed by atoms with Crippen molar-refractivity contribution < 1.29 is 0 Å². The molecule has 4 rings (SSSR count). The van der Waals surface area contributed by atoms with E-state index < -0.39 is 10.9 Å². The molecule has 3 aromatic rings. The highest BCUT2D eigenvalue weighted by molar-refractivity contribution is 8.28. The number of thiol groups is 1. The Bertz CT molecular complexity index is 857. The minimum atomic E-state index is -0.393. The van der Waals surface area contributed by atoms with E-state index in [1.807, 2.05) is 18.2 Å². The van der Waals surface area contributed by atoms with Crippen molar-refractivity contribution in [3.05, 3.63) is 83.4 Å².